The van der Waals surface area contributed by atoms with Crippen LogP contribution in [0.1, 0.15) is 43.4 Å². The number of aryl methyl sites for hydroxylation is 1. The molecule has 2 heterocycles. The SMILES string of the molecule is Cc1cc(C(=O)N2CC[C@H](C(=O)O)C2)nn1C(C)(C)C. The highest BCUT2D eigenvalue weighted by atomic mass is 16.4. The molecule has 1 aliphatic rings. The molecule has 0 aliphatic carbocycles. The molecule has 1 aromatic rings. The van der Waals surface area contributed by atoms with Gasteiger partial charge in [0.05, 0.1) is 11.5 Å². The van der Waals surface area contributed by atoms with Crippen LogP contribution in [0.4, 0.5) is 0 Å². The standard InChI is InChI=1S/C14H21N3O3/c1-9-7-11(15-17(9)14(2,3)4)12(18)16-6-5-10(8-16)13(19)20/h7,10H,5-6,8H2,1-4H3,(H,19,20)/t10-/m0/s1. The molecule has 6 nitrogen and oxygen atoms in total. The Labute approximate surface area is 118 Å². The van der Waals surface area contributed by atoms with Crippen LogP contribution in [-0.4, -0.2) is 44.8 Å². The van der Waals surface area contributed by atoms with Gasteiger partial charge in [-0.15, -0.1) is 0 Å². The summed E-state index contributed by atoms with van der Waals surface area (Å²) >= 11 is 0. The molecule has 0 bridgehead atoms. The van der Waals surface area contributed by atoms with Crippen molar-refractivity contribution in [1.82, 2.24) is 14.7 Å². The summed E-state index contributed by atoms with van der Waals surface area (Å²) in [6.07, 6.45) is 0.514. The highest BCUT2D eigenvalue weighted by Gasteiger charge is 2.32. The van der Waals surface area contributed by atoms with Gasteiger partial charge in [-0.1, -0.05) is 0 Å². The molecule has 0 unspecified atom stereocenters. The predicted molar refractivity (Wildman–Crippen MR) is 73.6 cm³/mol. The van der Waals surface area contributed by atoms with Crippen LogP contribution >= 0.6 is 0 Å². The minimum Gasteiger partial charge on any atom is -0.481 e. The normalized spacial score (nSPS) is 19.4. The molecule has 1 fully saturated rings. The topological polar surface area (TPSA) is 75.4 Å². The van der Waals surface area contributed by atoms with Crippen molar-refractivity contribution in [3.8, 4) is 0 Å². The minimum absolute atomic E-state index is 0.181. The average Bonchev–Trinajstić information content (AvgIpc) is 2.93. The lowest BCUT2D eigenvalue weighted by atomic mass is 10.1. The zero-order valence-corrected chi connectivity index (χ0v) is 12.4. The highest BCUT2D eigenvalue weighted by Crippen LogP contribution is 2.21. The molecule has 0 aromatic carbocycles. The zero-order valence-electron chi connectivity index (χ0n) is 12.4. The first-order chi connectivity index (χ1) is 9.20. The van der Waals surface area contributed by atoms with E-state index in [1.807, 2.05) is 32.4 Å². The van der Waals surface area contributed by atoms with Crippen LogP contribution in [0.3, 0.4) is 0 Å². The molecule has 2 rings (SSSR count). The van der Waals surface area contributed by atoms with E-state index in [2.05, 4.69) is 5.10 Å². The van der Waals surface area contributed by atoms with Crippen molar-refractivity contribution >= 4 is 11.9 Å². The molecule has 0 spiro atoms. The number of hydrogen-bond acceptors (Lipinski definition) is 3. The van der Waals surface area contributed by atoms with Crippen molar-refractivity contribution in [2.45, 2.75) is 39.7 Å². The second-order valence-electron chi connectivity index (χ2n) is 6.33. The number of amides is 1. The number of nitrogens with zero attached hydrogens (tertiary/aromatic N) is 3. The summed E-state index contributed by atoms with van der Waals surface area (Å²) in [5.41, 5.74) is 1.13. The fraction of sp³-hybridized carbons (Fsp3) is 0.643. The van der Waals surface area contributed by atoms with Gasteiger partial charge >= 0.3 is 5.97 Å². The number of aromatic nitrogens is 2. The molecule has 1 aliphatic heterocycles. The van der Waals surface area contributed by atoms with Crippen LogP contribution < -0.4 is 0 Å². The Balaban J connectivity index is 2.17. The Bertz CT molecular complexity index is 542. The third-order valence-electron chi connectivity index (χ3n) is 3.57. The fourth-order valence-corrected chi connectivity index (χ4v) is 2.57. The number of hydrogen-bond donors (Lipinski definition) is 1. The smallest absolute Gasteiger partial charge is 0.308 e. The van der Waals surface area contributed by atoms with E-state index in [1.165, 1.54) is 0 Å². The summed E-state index contributed by atoms with van der Waals surface area (Å²) in [6.45, 7) is 8.75. The van der Waals surface area contributed by atoms with E-state index in [0.717, 1.165) is 5.69 Å². The number of carboxylic acid groups (broad SMARTS) is 1. The Morgan fingerprint density at radius 1 is 1.40 bits per heavy atom. The number of rotatable bonds is 2. The molecule has 1 atom stereocenters. The summed E-state index contributed by atoms with van der Waals surface area (Å²) in [5, 5.41) is 13.4. The van der Waals surface area contributed by atoms with Crippen LogP contribution in [0.2, 0.25) is 0 Å². The quantitative estimate of drug-likeness (QED) is 0.890. The minimum atomic E-state index is -0.836. The first kappa shape index (κ1) is 14.6. The summed E-state index contributed by atoms with van der Waals surface area (Å²) in [5.74, 6) is -1.47. The summed E-state index contributed by atoms with van der Waals surface area (Å²) < 4.78 is 1.82. The van der Waals surface area contributed by atoms with Crippen LogP contribution in [0.15, 0.2) is 6.07 Å². The Kier molecular flexibility index (Phi) is 3.58. The molecule has 0 radical (unpaired) electrons. The number of carboxylic acids is 1. The lowest BCUT2D eigenvalue weighted by Gasteiger charge is -2.21. The molecular formula is C14H21N3O3. The van der Waals surface area contributed by atoms with Gasteiger partial charge in [-0.2, -0.15) is 5.10 Å². The van der Waals surface area contributed by atoms with Crippen LogP contribution in [0, 0.1) is 12.8 Å². The first-order valence-corrected chi connectivity index (χ1v) is 6.79. The van der Waals surface area contributed by atoms with Gasteiger partial charge in [-0.25, -0.2) is 0 Å². The maximum Gasteiger partial charge on any atom is 0.308 e. The second-order valence-corrected chi connectivity index (χ2v) is 6.33. The Morgan fingerprint density at radius 3 is 2.50 bits per heavy atom. The predicted octanol–water partition coefficient (Wildman–Crippen LogP) is 1.49. The van der Waals surface area contributed by atoms with Crippen LogP contribution in [-0.2, 0) is 10.3 Å². The van der Waals surface area contributed by atoms with Gasteiger partial charge in [0.25, 0.3) is 5.91 Å². The summed E-state index contributed by atoms with van der Waals surface area (Å²) in [6, 6.07) is 1.77. The van der Waals surface area contributed by atoms with E-state index < -0.39 is 11.9 Å². The van der Waals surface area contributed by atoms with E-state index in [4.69, 9.17) is 5.11 Å². The van der Waals surface area contributed by atoms with Gasteiger partial charge in [0.15, 0.2) is 5.69 Å². The second kappa shape index (κ2) is 4.92. The zero-order chi connectivity index (χ0) is 15.1. The molecule has 1 aromatic heterocycles. The van der Waals surface area contributed by atoms with E-state index >= 15 is 0 Å². The number of aliphatic carboxylic acids is 1. The lowest BCUT2D eigenvalue weighted by molar-refractivity contribution is -0.141. The van der Waals surface area contributed by atoms with Crippen molar-refractivity contribution in [3.05, 3.63) is 17.5 Å². The third-order valence-corrected chi connectivity index (χ3v) is 3.57. The molecule has 0 saturated carbocycles. The largest absolute Gasteiger partial charge is 0.481 e. The fourth-order valence-electron chi connectivity index (χ4n) is 2.57. The number of likely N-dealkylation sites (tertiary alicyclic amines) is 1. The van der Waals surface area contributed by atoms with Gasteiger partial charge < -0.3 is 10.0 Å². The van der Waals surface area contributed by atoms with Crippen molar-refractivity contribution < 1.29 is 14.7 Å². The van der Waals surface area contributed by atoms with E-state index in [0.29, 0.717) is 18.7 Å². The molecule has 1 amide bonds. The van der Waals surface area contributed by atoms with Gasteiger partial charge in [-0.05, 0) is 40.2 Å². The molecule has 110 valence electrons. The Hall–Kier alpha value is -1.85. The lowest BCUT2D eigenvalue weighted by Crippen LogP contribution is -2.31. The van der Waals surface area contributed by atoms with Crippen molar-refractivity contribution in [2.24, 2.45) is 5.92 Å². The van der Waals surface area contributed by atoms with E-state index in [1.54, 1.807) is 11.0 Å². The monoisotopic (exact) mass is 279 g/mol. The molecular weight excluding hydrogens is 258 g/mol. The van der Waals surface area contributed by atoms with Gasteiger partial charge in [0, 0.05) is 18.8 Å². The molecule has 1 N–H and O–H groups in total. The van der Waals surface area contributed by atoms with E-state index in [9.17, 15) is 9.59 Å². The maximum atomic E-state index is 12.4. The molecule has 6 heteroatoms. The van der Waals surface area contributed by atoms with Crippen LogP contribution in [0.5, 0.6) is 0 Å². The molecule has 1 saturated heterocycles. The van der Waals surface area contributed by atoms with Gasteiger partial charge in [-0.3, -0.25) is 14.3 Å². The summed E-state index contributed by atoms with van der Waals surface area (Å²) in [7, 11) is 0. The van der Waals surface area contributed by atoms with Gasteiger partial charge in [0.2, 0.25) is 0 Å². The van der Waals surface area contributed by atoms with E-state index in [-0.39, 0.29) is 18.0 Å². The van der Waals surface area contributed by atoms with Crippen molar-refractivity contribution in [1.29, 1.82) is 0 Å². The van der Waals surface area contributed by atoms with Crippen molar-refractivity contribution in [3.63, 3.8) is 0 Å². The molecule has 20 heavy (non-hydrogen) atoms. The Morgan fingerprint density at radius 2 is 2.05 bits per heavy atom. The number of carbonyl (C=O) groups is 2. The average molecular weight is 279 g/mol. The maximum absolute atomic E-state index is 12.4. The number of carbonyl (C=O) groups excluding carboxylic acids is 1. The summed E-state index contributed by atoms with van der Waals surface area (Å²) in [4.78, 5) is 24.9. The highest BCUT2D eigenvalue weighted by molar-refractivity contribution is 5.93. The van der Waals surface area contributed by atoms with Gasteiger partial charge in [0.1, 0.15) is 0 Å². The third kappa shape index (κ3) is 2.69. The first-order valence-electron chi connectivity index (χ1n) is 6.79. The van der Waals surface area contributed by atoms with Crippen molar-refractivity contribution in [2.75, 3.05) is 13.1 Å². The van der Waals surface area contributed by atoms with Crippen LogP contribution in [0.25, 0.3) is 0 Å².